The number of imidazole rings is 1. The Bertz CT molecular complexity index is 3990. The third-order valence-corrected chi connectivity index (χ3v) is 28.1. The number of carbonyl (C=O) groups excluding carboxylic acids is 3. The van der Waals surface area contributed by atoms with Crippen LogP contribution in [0.5, 0.6) is 11.8 Å². The number of carbonyl (C=O) groups is 3. The summed E-state index contributed by atoms with van der Waals surface area (Å²) in [4.78, 5) is 77.4. The predicted octanol–water partition coefficient (Wildman–Crippen LogP) is 12.1. The minimum atomic E-state index is -2.36. The van der Waals surface area contributed by atoms with Gasteiger partial charge in [0.05, 0.1) is 34.2 Å². The zero-order chi connectivity index (χ0) is 68.1. The van der Waals surface area contributed by atoms with Crippen LogP contribution in [0.1, 0.15) is 145 Å². The number of piperazine rings is 1. The molecule has 1 N–H and O–H groups in total. The van der Waals surface area contributed by atoms with Crippen molar-refractivity contribution in [2.75, 3.05) is 95.8 Å². The molecule has 0 saturated carbocycles. The van der Waals surface area contributed by atoms with Crippen molar-refractivity contribution < 1.29 is 46.5 Å². The van der Waals surface area contributed by atoms with E-state index in [1.54, 1.807) is 36.5 Å². The number of fused-ring (bicyclic) bond motifs is 5. The Hall–Kier alpha value is -7.26. The van der Waals surface area contributed by atoms with Crippen LogP contribution in [0.25, 0.3) is 44.0 Å². The number of amides is 3. The fourth-order valence-corrected chi connectivity index (χ4v) is 22.1. The minimum absolute atomic E-state index is 0.00362. The Kier molecular flexibility index (Phi) is 20.2. The first-order valence-electron chi connectivity index (χ1n) is 35.0. The molecule has 0 aliphatic carbocycles. The summed E-state index contributed by atoms with van der Waals surface area (Å²) < 4.78 is 77.5. The van der Waals surface area contributed by atoms with Crippen molar-refractivity contribution >= 4 is 70.2 Å². The first-order valence-corrected chi connectivity index (χ1v) is 37.2. The summed E-state index contributed by atoms with van der Waals surface area (Å²) in [6.07, 6.45) is 10.8. The summed E-state index contributed by atoms with van der Waals surface area (Å²) in [5, 5.41) is 3.72. The second-order valence-corrected chi connectivity index (χ2v) is 35.4. The summed E-state index contributed by atoms with van der Waals surface area (Å²) in [6, 6.07) is 8.82. The Morgan fingerprint density at radius 1 is 0.771 bits per heavy atom. The van der Waals surface area contributed by atoms with Crippen LogP contribution < -0.4 is 30.3 Å². The van der Waals surface area contributed by atoms with E-state index in [1.807, 2.05) is 25.7 Å². The normalized spacial score (nSPS) is 20.8. The highest BCUT2D eigenvalue weighted by molar-refractivity contribution is 6.90. The number of aryl methyl sites for hydroxylation is 1. The van der Waals surface area contributed by atoms with Crippen molar-refractivity contribution in [3.8, 4) is 34.5 Å². The maximum absolute atomic E-state index is 18.2. The minimum Gasteiger partial charge on any atom is -0.468 e. The van der Waals surface area contributed by atoms with Gasteiger partial charge in [-0.15, -0.1) is 5.54 Å². The van der Waals surface area contributed by atoms with Crippen LogP contribution in [0, 0.1) is 46.7 Å². The quantitative estimate of drug-likeness (QED) is 0.0371. The van der Waals surface area contributed by atoms with Gasteiger partial charge < -0.3 is 33.6 Å². The van der Waals surface area contributed by atoms with Gasteiger partial charge >= 0.3 is 17.8 Å². The second kappa shape index (κ2) is 28.3. The lowest BCUT2D eigenvalue weighted by molar-refractivity contribution is -0.135. The van der Waals surface area contributed by atoms with Gasteiger partial charge in [-0.05, 0) is 181 Å². The fraction of sp³-hybridized carbons (Fsp3) is 0.603. The molecule has 516 valence electrons. The number of likely N-dealkylation sites (tertiary alicyclic amines) is 2. The molecule has 6 saturated heterocycles. The van der Waals surface area contributed by atoms with Crippen LogP contribution in [0.4, 0.5) is 29.5 Å². The molecule has 3 unspecified atom stereocenters. The molecule has 96 heavy (non-hydrogen) atoms. The van der Waals surface area contributed by atoms with E-state index in [1.165, 1.54) is 48.6 Å². The molecule has 3 amide bonds. The van der Waals surface area contributed by atoms with E-state index in [-0.39, 0.29) is 78.6 Å². The summed E-state index contributed by atoms with van der Waals surface area (Å²) in [5.74, 6) is 3.43. The van der Waals surface area contributed by atoms with Gasteiger partial charge in [-0.2, -0.15) is 9.97 Å². The van der Waals surface area contributed by atoms with Gasteiger partial charge in [0.25, 0.3) is 0 Å². The van der Waals surface area contributed by atoms with Gasteiger partial charge in [-0.25, -0.2) is 22.8 Å². The molecule has 9 heterocycles. The van der Waals surface area contributed by atoms with E-state index >= 15 is 13.2 Å². The lowest BCUT2D eigenvalue weighted by atomic mass is 9.82. The number of methoxy groups -OCH3 is 1. The van der Waals surface area contributed by atoms with E-state index in [9.17, 15) is 19.2 Å². The number of piperidine rings is 4. The van der Waals surface area contributed by atoms with Gasteiger partial charge in [0.1, 0.15) is 60.4 Å². The monoisotopic (exact) mass is 1340 g/mol. The summed E-state index contributed by atoms with van der Waals surface area (Å²) in [6.45, 7) is 27.1. The molecule has 23 heteroatoms. The highest BCUT2D eigenvalue weighted by Crippen LogP contribution is 2.44. The van der Waals surface area contributed by atoms with Gasteiger partial charge in [-0.3, -0.25) is 38.8 Å². The highest BCUT2D eigenvalue weighted by atomic mass is 28.3. The number of hydrogen-bond donors (Lipinski definition) is 1. The van der Waals surface area contributed by atoms with Crippen LogP contribution in [-0.4, -0.2) is 168 Å². The molecule has 6 aromatic rings. The molecule has 3 atom stereocenters. The van der Waals surface area contributed by atoms with Crippen molar-refractivity contribution in [3.05, 3.63) is 76.1 Å². The van der Waals surface area contributed by atoms with Gasteiger partial charge in [0, 0.05) is 77.0 Å². The Labute approximate surface area is 562 Å². The topological polar surface area (TPSA) is 182 Å². The third kappa shape index (κ3) is 13.8. The van der Waals surface area contributed by atoms with Crippen LogP contribution in [0.2, 0.25) is 16.6 Å². The first-order chi connectivity index (χ1) is 45.9. The van der Waals surface area contributed by atoms with E-state index in [0.717, 1.165) is 71.2 Å². The molecule has 12 rings (SSSR count). The van der Waals surface area contributed by atoms with Crippen molar-refractivity contribution in [1.29, 1.82) is 0 Å². The number of imide groups is 1. The third-order valence-electron chi connectivity index (χ3n) is 21.8. The van der Waals surface area contributed by atoms with E-state index in [2.05, 4.69) is 77.9 Å². The molecule has 3 aromatic heterocycles. The first kappa shape index (κ1) is 68.7. The summed E-state index contributed by atoms with van der Waals surface area (Å²) >= 11 is 0. The van der Waals surface area contributed by atoms with Gasteiger partial charge in [-0.1, -0.05) is 53.5 Å². The predicted molar refractivity (Wildman–Crippen MR) is 370 cm³/mol. The maximum atomic E-state index is 18.2. The lowest BCUT2D eigenvalue weighted by Gasteiger charge is -2.42. The molecule has 0 radical (unpaired) electrons. The van der Waals surface area contributed by atoms with E-state index < -0.39 is 48.8 Å². The number of halogens is 3. The molecule has 6 fully saturated rings. The molecule has 2 bridgehead atoms. The molecule has 0 spiro atoms. The number of ether oxygens (including phenoxy) is 4. The largest absolute Gasteiger partial charge is 0.468 e. The van der Waals surface area contributed by atoms with Crippen molar-refractivity contribution in [2.45, 2.75) is 173 Å². The summed E-state index contributed by atoms with van der Waals surface area (Å²) in [7, 11) is 0.693. The van der Waals surface area contributed by atoms with Crippen LogP contribution in [-0.2, 0) is 26.1 Å². The van der Waals surface area contributed by atoms with Crippen LogP contribution >= 0.6 is 0 Å². The molecule has 19 nitrogen and oxygen atoms in total. The zero-order valence-electron chi connectivity index (χ0n) is 57.9. The Balaban J connectivity index is 0.703. The highest BCUT2D eigenvalue weighted by Gasteiger charge is 2.46. The Morgan fingerprint density at radius 2 is 1.43 bits per heavy atom. The zero-order valence-corrected chi connectivity index (χ0v) is 58.9. The van der Waals surface area contributed by atoms with Crippen molar-refractivity contribution in [2.24, 2.45) is 24.8 Å². The number of hydrogen-bond acceptors (Lipinski definition) is 15. The standard InChI is InChI=1S/C73H96F3N11O8Si/c1-44(2)96(45(3)4,46(5)6)35-26-54-57(74)15-12-50-37-53(94-43-92-11)38-55(62(50)54)65-64(76)66-56(39-77-65)68(85-41-51-13-14-52(42-85)86(51)72(91)95-73(7,8)9)80-70(79-66)93-34-33-82-27-20-47(21-28-82)36-48-22-29-83(30-23-48)40-49-24-31-84(32-25-49)58-16-17-59-67(63(58)75)81(10)71(90)87(59)60-18-19-61(88)78-69(60)89/h12,15-17,37-39,44-49,51-52,60H,13-14,18-25,27-34,36,40-43H2,1-11H3,(H,78,88,89). The van der Waals surface area contributed by atoms with Crippen LogP contribution in [0.3, 0.4) is 0 Å². The molecule has 6 aliphatic heterocycles. The number of nitrogens with one attached hydrogen (secondary N) is 1. The average molecular weight is 1340 g/mol. The van der Waals surface area contributed by atoms with Gasteiger partial charge in [0.2, 0.25) is 11.8 Å². The second-order valence-electron chi connectivity index (χ2n) is 29.9. The van der Waals surface area contributed by atoms with Crippen molar-refractivity contribution in [1.82, 2.24) is 44.1 Å². The molecule has 6 aliphatic rings. The van der Waals surface area contributed by atoms with E-state index in [0.29, 0.717) is 112 Å². The lowest BCUT2D eigenvalue weighted by Crippen LogP contribution is -2.57. The van der Waals surface area contributed by atoms with Crippen LogP contribution in [0.15, 0.2) is 47.4 Å². The number of benzene rings is 3. The summed E-state index contributed by atoms with van der Waals surface area (Å²) in [5.41, 5.74) is 4.84. The Morgan fingerprint density at radius 3 is 2.06 bits per heavy atom. The number of anilines is 2. The SMILES string of the molecule is COCOc1cc(-c2ncc3c(N4CC5CCC(C4)N5C(=O)OC(C)(C)C)nc(OCCN4CCC(CC5CCN(CC6CCN(c7ccc8c(c7F)n(C)c(=O)n8C7CCC(=O)NC7=O)CC6)CC5)CC4)nc3c2F)c2c(C#C[Si](C(C)C)(C(C)C)C(C)C)c(F)ccc2c1. The fourth-order valence-electron chi connectivity index (χ4n) is 16.9. The molecular formula is C73H96F3N11O8Si. The number of pyridine rings is 1. The van der Waals surface area contributed by atoms with Crippen molar-refractivity contribution in [3.63, 3.8) is 0 Å². The van der Waals surface area contributed by atoms with Gasteiger partial charge in [0.15, 0.2) is 18.4 Å². The molecular weight excluding hydrogens is 1240 g/mol. The number of rotatable bonds is 18. The average Bonchev–Trinajstić information content (AvgIpc) is 1.57. The number of nitrogens with zero attached hydrogens (tertiary/aromatic N) is 10. The molecule has 3 aromatic carbocycles. The maximum Gasteiger partial charge on any atom is 0.410 e. The number of aromatic nitrogens is 5. The van der Waals surface area contributed by atoms with E-state index in [4.69, 9.17) is 33.9 Å². The smallest absolute Gasteiger partial charge is 0.410 e.